The van der Waals surface area contributed by atoms with E-state index < -0.39 is 0 Å². The SMILES string of the molecule is CCN=C=NCC1CNCCO1. The Bertz CT molecular complexity index is 169. The van der Waals surface area contributed by atoms with Gasteiger partial charge in [0.15, 0.2) is 0 Å². The predicted octanol–water partition coefficient (Wildman–Crippen LogP) is 0.169. The van der Waals surface area contributed by atoms with Crippen LogP contribution in [0.25, 0.3) is 0 Å². The van der Waals surface area contributed by atoms with Crippen LogP contribution in [-0.2, 0) is 4.74 Å². The number of nitrogens with one attached hydrogen (secondary N) is 1. The molecule has 0 saturated carbocycles. The van der Waals surface area contributed by atoms with Gasteiger partial charge in [0.25, 0.3) is 0 Å². The smallest absolute Gasteiger partial charge is 0.0903 e. The lowest BCUT2D eigenvalue weighted by Crippen LogP contribution is -2.40. The molecule has 0 aromatic rings. The third kappa shape index (κ3) is 3.62. The number of ether oxygens (including phenoxy) is 1. The summed E-state index contributed by atoms with van der Waals surface area (Å²) in [6, 6.07) is 2.62. The molecule has 0 spiro atoms. The maximum Gasteiger partial charge on any atom is 0.0903 e. The monoisotopic (exact) mass is 169 g/mol. The van der Waals surface area contributed by atoms with Gasteiger partial charge in [-0.05, 0) is 6.92 Å². The van der Waals surface area contributed by atoms with E-state index in [0.717, 1.165) is 26.2 Å². The predicted molar refractivity (Wildman–Crippen MR) is 47.9 cm³/mol. The van der Waals surface area contributed by atoms with Gasteiger partial charge in [0.05, 0.1) is 25.3 Å². The topological polar surface area (TPSA) is 46.0 Å². The molecule has 1 rings (SSSR count). The van der Waals surface area contributed by atoms with Gasteiger partial charge in [0.1, 0.15) is 0 Å². The van der Waals surface area contributed by atoms with Crippen molar-refractivity contribution in [3.63, 3.8) is 0 Å². The normalized spacial score (nSPS) is 22.9. The molecule has 0 aromatic carbocycles. The van der Waals surface area contributed by atoms with E-state index in [2.05, 4.69) is 21.3 Å². The van der Waals surface area contributed by atoms with E-state index in [1.807, 2.05) is 6.92 Å². The molecule has 68 valence electrons. The highest BCUT2D eigenvalue weighted by Crippen LogP contribution is 1.95. The van der Waals surface area contributed by atoms with Crippen LogP contribution in [0.5, 0.6) is 0 Å². The van der Waals surface area contributed by atoms with E-state index in [4.69, 9.17) is 4.74 Å². The fourth-order valence-corrected chi connectivity index (χ4v) is 1.00. The lowest BCUT2D eigenvalue weighted by molar-refractivity contribution is 0.0350. The van der Waals surface area contributed by atoms with Gasteiger partial charge >= 0.3 is 0 Å². The molecule has 1 fully saturated rings. The average molecular weight is 169 g/mol. The highest BCUT2D eigenvalue weighted by Gasteiger charge is 2.11. The first-order chi connectivity index (χ1) is 5.93. The molecule has 1 unspecified atom stereocenters. The molecule has 4 nitrogen and oxygen atoms in total. The Balaban J connectivity index is 2.16. The molecule has 4 heteroatoms. The van der Waals surface area contributed by atoms with Gasteiger partial charge in [-0.15, -0.1) is 0 Å². The van der Waals surface area contributed by atoms with Crippen molar-refractivity contribution in [2.24, 2.45) is 9.98 Å². The molecule has 1 heterocycles. The Labute approximate surface area is 72.7 Å². The quantitative estimate of drug-likeness (QED) is 0.612. The minimum atomic E-state index is 0.207. The Morgan fingerprint density at radius 2 is 2.50 bits per heavy atom. The summed E-state index contributed by atoms with van der Waals surface area (Å²) in [5, 5.41) is 3.23. The molecule has 1 atom stereocenters. The van der Waals surface area contributed by atoms with Crippen LogP contribution in [0.4, 0.5) is 0 Å². The summed E-state index contributed by atoms with van der Waals surface area (Å²) in [7, 11) is 0. The van der Waals surface area contributed by atoms with Crippen LogP contribution in [0.2, 0.25) is 0 Å². The Morgan fingerprint density at radius 3 is 3.17 bits per heavy atom. The summed E-state index contributed by atoms with van der Waals surface area (Å²) in [4.78, 5) is 7.87. The van der Waals surface area contributed by atoms with Crippen LogP contribution in [0.15, 0.2) is 9.98 Å². The van der Waals surface area contributed by atoms with Gasteiger partial charge in [-0.3, -0.25) is 0 Å². The maximum absolute atomic E-state index is 5.42. The van der Waals surface area contributed by atoms with Crippen molar-refractivity contribution in [1.82, 2.24) is 5.32 Å². The van der Waals surface area contributed by atoms with Crippen LogP contribution in [0, 0.1) is 0 Å². The van der Waals surface area contributed by atoms with Crippen molar-refractivity contribution in [1.29, 1.82) is 0 Å². The van der Waals surface area contributed by atoms with Crippen LogP contribution in [-0.4, -0.2) is 44.9 Å². The first-order valence-electron chi connectivity index (χ1n) is 4.33. The van der Waals surface area contributed by atoms with Gasteiger partial charge in [-0.2, -0.15) is 0 Å². The van der Waals surface area contributed by atoms with Crippen LogP contribution in [0.1, 0.15) is 6.92 Å². The Morgan fingerprint density at radius 1 is 1.58 bits per heavy atom. The third-order valence-corrected chi connectivity index (χ3v) is 1.60. The third-order valence-electron chi connectivity index (χ3n) is 1.60. The summed E-state index contributed by atoms with van der Waals surface area (Å²) in [5.41, 5.74) is 0. The summed E-state index contributed by atoms with van der Waals surface area (Å²) in [5.74, 6) is 0. The van der Waals surface area contributed by atoms with E-state index in [-0.39, 0.29) is 6.10 Å². The maximum atomic E-state index is 5.42. The zero-order valence-electron chi connectivity index (χ0n) is 7.42. The number of hydrogen-bond acceptors (Lipinski definition) is 4. The fraction of sp³-hybridized carbons (Fsp3) is 0.875. The van der Waals surface area contributed by atoms with Crippen LogP contribution < -0.4 is 5.32 Å². The molecule has 0 radical (unpaired) electrons. The molecule has 0 aliphatic carbocycles. The fourth-order valence-electron chi connectivity index (χ4n) is 1.00. The number of aliphatic imine (C=N–C) groups is 2. The zero-order valence-corrected chi connectivity index (χ0v) is 7.42. The molecule has 0 bridgehead atoms. The van der Waals surface area contributed by atoms with Crippen molar-refractivity contribution in [2.45, 2.75) is 13.0 Å². The number of rotatable bonds is 3. The minimum absolute atomic E-state index is 0.207. The standard InChI is InChI=1S/C8H15N3O/c1-2-9-7-11-6-8-5-10-3-4-12-8/h8,10H,2-6H2,1H3. The van der Waals surface area contributed by atoms with Gasteiger partial charge in [-0.25, -0.2) is 9.98 Å². The van der Waals surface area contributed by atoms with Crippen LogP contribution >= 0.6 is 0 Å². The van der Waals surface area contributed by atoms with E-state index in [1.54, 1.807) is 0 Å². The number of nitrogens with zero attached hydrogens (tertiary/aromatic N) is 2. The van der Waals surface area contributed by atoms with E-state index >= 15 is 0 Å². The molecule has 12 heavy (non-hydrogen) atoms. The summed E-state index contributed by atoms with van der Waals surface area (Å²) >= 11 is 0. The first kappa shape index (κ1) is 9.39. The Kier molecular flexibility index (Phi) is 4.61. The van der Waals surface area contributed by atoms with E-state index in [1.165, 1.54) is 0 Å². The minimum Gasteiger partial charge on any atom is -0.374 e. The molecule has 1 N–H and O–H groups in total. The summed E-state index contributed by atoms with van der Waals surface area (Å²) in [6.45, 7) is 5.98. The van der Waals surface area contributed by atoms with E-state index in [9.17, 15) is 0 Å². The summed E-state index contributed by atoms with van der Waals surface area (Å²) in [6.07, 6.45) is 0.207. The molecule has 0 aromatic heterocycles. The van der Waals surface area contributed by atoms with Gasteiger partial charge < -0.3 is 10.1 Å². The van der Waals surface area contributed by atoms with Gasteiger partial charge in [0, 0.05) is 19.6 Å². The highest BCUT2D eigenvalue weighted by molar-refractivity contribution is 5.40. The summed E-state index contributed by atoms with van der Waals surface area (Å²) < 4.78 is 5.42. The number of hydrogen-bond donors (Lipinski definition) is 1. The van der Waals surface area contributed by atoms with Gasteiger partial charge in [0.2, 0.25) is 0 Å². The van der Waals surface area contributed by atoms with Crippen molar-refractivity contribution >= 4 is 6.01 Å². The second-order valence-corrected chi connectivity index (χ2v) is 2.61. The molecular weight excluding hydrogens is 154 g/mol. The number of morpholine rings is 1. The molecular formula is C8H15N3O. The lowest BCUT2D eigenvalue weighted by Gasteiger charge is -2.21. The molecule has 1 aliphatic heterocycles. The van der Waals surface area contributed by atoms with E-state index in [0.29, 0.717) is 6.54 Å². The second kappa shape index (κ2) is 5.89. The van der Waals surface area contributed by atoms with Crippen molar-refractivity contribution in [3.05, 3.63) is 0 Å². The highest BCUT2D eigenvalue weighted by atomic mass is 16.5. The average Bonchev–Trinajstić information content (AvgIpc) is 2.14. The Hall–Kier alpha value is -0.700. The lowest BCUT2D eigenvalue weighted by atomic mass is 10.3. The van der Waals surface area contributed by atoms with Gasteiger partial charge in [-0.1, -0.05) is 0 Å². The molecule has 1 aliphatic rings. The largest absolute Gasteiger partial charge is 0.374 e. The zero-order chi connectivity index (χ0) is 8.65. The second-order valence-electron chi connectivity index (χ2n) is 2.61. The van der Waals surface area contributed by atoms with Crippen molar-refractivity contribution in [3.8, 4) is 0 Å². The van der Waals surface area contributed by atoms with Crippen molar-refractivity contribution in [2.75, 3.05) is 32.8 Å². The molecule has 0 amide bonds. The molecule has 1 saturated heterocycles. The van der Waals surface area contributed by atoms with Crippen molar-refractivity contribution < 1.29 is 4.74 Å². The van der Waals surface area contributed by atoms with Crippen LogP contribution in [0.3, 0.4) is 0 Å². The first-order valence-corrected chi connectivity index (χ1v) is 4.33.